The molecule has 3 aromatic carbocycles. The van der Waals surface area contributed by atoms with Crippen LogP contribution in [-0.4, -0.2) is 29.3 Å². The highest BCUT2D eigenvalue weighted by atomic mass is 32.2. The van der Waals surface area contributed by atoms with Crippen LogP contribution >= 0.6 is 0 Å². The summed E-state index contributed by atoms with van der Waals surface area (Å²) in [4.78, 5) is 9.48. The zero-order valence-corrected chi connectivity index (χ0v) is 21.4. The van der Waals surface area contributed by atoms with Crippen molar-refractivity contribution in [2.75, 3.05) is 5.73 Å². The van der Waals surface area contributed by atoms with Crippen molar-refractivity contribution >= 4 is 44.1 Å². The number of nitrogens with two attached hydrogens (primary N) is 1. The van der Waals surface area contributed by atoms with Gasteiger partial charge in [0.05, 0.1) is 22.1 Å². The zero-order chi connectivity index (χ0) is 25.6. The number of nitrogens with zero attached hydrogens (tertiary/aromatic N) is 4. The first kappa shape index (κ1) is 23.7. The van der Waals surface area contributed by atoms with Crippen molar-refractivity contribution in [3.63, 3.8) is 0 Å². The third-order valence-corrected chi connectivity index (χ3v) is 8.21. The summed E-state index contributed by atoms with van der Waals surface area (Å²) in [6.07, 6.45) is 1.64. The second-order valence-electron chi connectivity index (χ2n) is 9.25. The first-order valence-corrected chi connectivity index (χ1v) is 13.2. The second kappa shape index (κ2) is 8.87. The van der Waals surface area contributed by atoms with Crippen molar-refractivity contribution in [3.8, 4) is 0 Å². The number of aryl methyl sites for hydroxylation is 2. The molecule has 0 amide bonds. The van der Waals surface area contributed by atoms with E-state index >= 15 is 0 Å². The molecule has 0 spiro atoms. The Balaban J connectivity index is 1.75. The molecule has 2 heterocycles. The van der Waals surface area contributed by atoms with Gasteiger partial charge < -0.3 is 5.73 Å². The summed E-state index contributed by atoms with van der Waals surface area (Å²) in [7, 11) is -4.02. The van der Waals surface area contributed by atoms with E-state index in [-0.39, 0.29) is 26.8 Å². The molecule has 0 atom stereocenters. The smallest absolute Gasteiger partial charge is 0.212 e. The molecule has 0 radical (unpaired) electrons. The molecule has 8 heteroatoms. The highest BCUT2D eigenvalue weighted by Crippen LogP contribution is 2.36. The molecule has 36 heavy (non-hydrogen) atoms. The number of fused-ring (bicyclic) bond motifs is 2. The van der Waals surface area contributed by atoms with Crippen LogP contribution in [0.5, 0.6) is 0 Å². The monoisotopic (exact) mass is 497 g/mol. The third-order valence-electron chi connectivity index (χ3n) is 6.26. The van der Waals surface area contributed by atoms with Gasteiger partial charge in [-0.05, 0) is 60.2 Å². The van der Waals surface area contributed by atoms with E-state index in [0.29, 0.717) is 22.5 Å². The molecule has 0 aliphatic carbocycles. The number of benzene rings is 3. The van der Waals surface area contributed by atoms with Gasteiger partial charge in [-0.3, -0.25) is 0 Å². The Hall–Kier alpha value is -4.04. The molecule has 182 valence electrons. The molecule has 2 N–H and O–H groups in total. The number of nitrogen functional groups attached to an aromatic ring is 1. The van der Waals surface area contributed by atoms with Gasteiger partial charge in [0, 0.05) is 0 Å². The van der Waals surface area contributed by atoms with Crippen LogP contribution in [0, 0.1) is 13.8 Å². The number of hydrogen-bond acceptors (Lipinski definition) is 6. The number of aromatic nitrogens is 3. The number of sulfone groups is 1. The lowest BCUT2D eigenvalue weighted by Crippen LogP contribution is -2.08. The van der Waals surface area contributed by atoms with Crippen LogP contribution in [0.3, 0.4) is 0 Å². The van der Waals surface area contributed by atoms with Crippen LogP contribution in [0.2, 0.25) is 0 Å². The number of para-hydroxylation sites is 2. The summed E-state index contributed by atoms with van der Waals surface area (Å²) in [6, 6.07) is 20.7. The number of hydrogen-bond donors (Lipinski definition) is 1. The highest BCUT2D eigenvalue weighted by molar-refractivity contribution is 7.92. The molecule has 0 fully saturated rings. The van der Waals surface area contributed by atoms with Gasteiger partial charge in [0.15, 0.2) is 5.65 Å². The van der Waals surface area contributed by atoms with Crippen molar-refractivity contribution in [3.05, 3.63) is 89.0 Å². The maximum absolute atomic E-state index is 14.0. The largest absolute Gasteiger partial charge is 0.382 e. The Labute approximate surface area is 210 Å². The quantitative estimate of drug-likeness (QED) is 0.317. The molecule has 0 aliphatic heterocycles. The Kier molecular flexibility index (Phi) is 5.84. The van der Waals surface area contributed by atoms with Crippen LogP contribution in [0.4, 0.5) is 5.82 Å². The minimum atomic E-state index is -4.02. The fraction of sp³-hybridized carbons (Fsp3) is 0.179. The van der Waals surface area contributed by atoms with Gasteiger partial charge in [-0.15, -0.1) is 0 Å². The molecule has 0 bridgehead atoms. The number of rotatable bonds is 5. The van der Waals surface area contributed by atoms with Crippen LogP contribution in [0.1, 0.15) is 42.0 Å². The Morgan fingerprint density at radius 3 is 2.28 bits per heavy atom. The van der Waals surface area contributed by atoms with Crippen molar-refractivity contribution in [1.82, 2.24) is 14.6 Å². The van der Waals surface area contributed by atoms with Crippen LogP contribution in [0.25, 0.3) is 22.2 Å². The van der Waals surface area contributed by atoms with E-state index in [1.807, 2.05) is 55.5 Å². The molecule has 7 nitrogen and oxygen atoms in total. The summed E-state index contributed by atoms with van der Waals surface area (Å²) < 4.78 is 29.3. The topological polar surface area (TPSA) is 103 Å². The van der Waals surface area contributed by atoms with E-state index in [9.17, 15) is 8.42 Å². The van der Waals surface area contributed by atoms with Gasteiger partial charge in [0.1, 0.15) is 16.2 Å². The maximum atomic E-state index is 14.0. The highest BCUT2D eigenvalue weighted by Gasteiger charge is 2.31. The van der Waals surface area contributed by atoms with Gasteiger partial charge in [-0.1, -0.05) is 62.4 Å². The Morgan fingerprint density at radius 2 is 1.61 bits per heavy atom. The molecular weight excluding hydrogens is 470 g/mol. The molecule has 0 saturated carbocycles. The van der Waals surface area contributed by atoms with Gasteiger partial charge in [-0.25, -0.2) is 18.4 Å². The molecule has 0 aliphatic rings. The van der Waals surface area contributed by atoms with E-state index in [1.54, 1.807) is 31.3 Å². The fourth-order valence-electron chi connectivity index (χ4n) is 4.20. The lowest BCUT2D eigenvalue weighted by atomic mass is 10.0. The normalized spacial score (nSPS) is 12.4. The summed E-state index contributed by atoms with van der Waals surface area (Å²) in [5.41, 5.74) is 11.7. The van der Waals surface area contributed by atoms with Gasteiger partial charge in [-0.2, -0.15) is 9.78 Å². The van der Waals surface area contributed by atoms with Crippen LogP contribution in [-0.2, 0) is 9.84 Å². The van der Waals surface area contributed by atoms with Gasteiger partial charge in [0.2, 0.25) is 9.84 Å². The van der Waals surface area contributed by atoms with E-state index < -0.39 is 9.84 Å². The lowest BCUT2D eigenvalue weighted by molar-refractivity contribution is 0.596. The molecule has 2 aromatic heterocycles. The zero-order valence-electron chi connectivity index (χ0n) is 20.6. The Bertz CT molecular complexity index is 1750. The van der Waals surface area contributed by atoms with Crippen molar-refractivity contribution in [2.45, 2.75) is 43.4 Å². The average molecular weight is 498 g/mol. The third kappa shape index (κ3) is 4.03. The van der Waals surface area contributed by atoms with Crippen LogP contribution in [0.15, 0.2) is 81.6 Å². The lowest BCUT2D eigenvalue weighted by Gasteiger charge is -2.09. The SMILES string of the molecule is Cc1ccc(C)c(S(=O)(=O)c2c(N)n(N=Cc3ccc(C(C)C)cc3)c3nc4ccccc4nc23)c1. The van der Waals surface area contributed by atoms with E-state index in [2.05, 4.69) is 23.9 Å². The average Bonchev–Trinajstić information content (AvgIpc) is 3.13. The predicted octanol–water partition coefficient (Wildman–Crippen LogP) is 5.62. The molecule has 5 rings (SSSR count). The maximum Gasteiger partial charge on any atom is 0.212 e. The molecule has 5 aromatic rings. The van der Waals surface area contributed by atoms with Crippen molar-refractivity contribution in [1.29, 1.82) is 0 Å². The molecule has 0 unspecified atom stereocenters. The van der Waals surface area contributed by atoms with Crippen LogP contribution < -0.4 is 5.73 Å². The van der Waals surface area contributed by atoms with E-state index in [1.165, 1.54) is 10.2 Å². The molecule has 0 saturated heterocycles. The minimum absolute atomic E-state index is 0.0312. The number of anilines is 1. The van der Waals surface area contributed by atoms with E-state index in [0.717, 1.165) is 11.1 Å². The second-order valence-corrected chi connectivity index (χ2v) is 11.1. The summed E-state index contributed by atoms with van der Waals surface area (Å²) in [5.74, 6) is 0.387. The predicted molar refractivity (Wildman–Crippen MR) is 144 cm³/mol. The standard InChI is InChI=1S/C28H27N5O2S/c1-17(2)21-13-11-20(12-14-21)16-30-33-27(29)26(36(34,35)24-15-18(3)9-10-19(24)4)25-28(33)32-23-8-6-5-7-22(23)31-25/h5-17H,29H2,1-4H3. The first-order valence-electron chi connectivity index (χ1n) is 11.7. The minimum Gasteiger partial charge on any atom is -0.382 e. The summed E-state index contributed by atoms with van der Waals surface area (Å²) in [6.45, 7) is 7.89. The Morgan fingerprint density at radius 1 is 0.944 bits per heavy atom. The summed E-state index contributed by atoms with van der Waals surface area (Å²) in [5, 5.41) is 4.55. The fourth-order valence-corrected chi connectivity index (χ4v) is 6.01. The van der Waals surface area contributed by atoms with Gasteiger partial charge in [0.25, 0.3) is 0 Å². The van der Waals surface area contributed by atoms with E-state index in [4.69, 9.17) is 10.7 Å². The van der Waals surface area contributed by atoms with Gasteiger partial charge >= 0.3 is 0 Å². The van der Waals surface area contributed by atoms with Crippen molar-refractivity contribution < 1.29 is 8.42 Å². The summed E-state index contributed by atoms with van der Waals surface area (Å²) >= 11 is 0. The van der Waals surface area contributed by atoms with Crippen molar-refractivity contribution in [2.24, 2.45) is 5.10 Å². The molecular formula is C28H27N5O2S. The first-order chi connectivity index (χ1) is 17.2.